The van der Waals surface area contributed by atoms with E-state index in [-0.39, 0.29) is 0 Å². The number of hydrogen-bond acceptors (Lipinski definition) is 3. The second kappa shape index (κ2) is 5.66. The minimum atomic E-state index is -0.414. The van der Waals surface area contributed by atoms with Gasteiger partial charge < -0.3 is 10.5 Å². The molecule has 0 unspecified atom stereocenters. The van der Waals surface area contributed by atoms with Crippen LogP contribution in [-0.2, 0) is 9.53 Å². The lowest BCUT2D eigenvalue weighted by atomic mass is 9.87. The summed E-state index contributed by atoms with van der Waals surface area (Å²) in [6.45, 7) is 2.17. The molecule has 3 nitrogen and oxygen atoms in total. The maximum absolute atomic E-state index is 10.9. The van der Waals surface area contributed by atoms with E-state index in [0.717, 1.165) is 25.7 Å². The Kier molecular flexibility index (Phi) is 4.48. The van der Waals surface area contributed by atoms with Crippen LogP contribution in [0.4, 0.5) is 0 Å². The van der Waals surface area contributed by atoms with Crippen LogP contribution in [0.25, 0.3) is 0 Å². The van der Waals surface area contributed by atoms with Gasteiger partial charge in [-0.2, -0.15) is 0 Å². The molecule has 1 saturated carbocycles. The molecule has 2 N–H and O–H groups in total. The molecule has 1 aliphatic rings. The van der Waals surface area contributed by atoms with Crippen molar-refractivity contribution in [2.75, 3.05) is 6.61 Å². The normalized spacial score (nSPS) is 26.1. The van der Waals surface area contributed by atoms with Crippen molar-refractivity contribution in [3.05, 3.63) is 0 Å². The standard InChI is InChI=1S/C11H17NO2/c1-2-14-11(13)8-5-9-3-6-10(12)7-4-9/h9-10H,2-4,6-7,12H2,1H3. The average molecular weight is 195 g/mol. The minimum absolute atomic E-state index is 0.329. The largest absolute Gasteiger partial charge is 0.456 e. The number of carbonyl (C=O) groups excluding carboxylic acids is 1. The van der Waals surface area contributed by atoms with E-state index < -0.39 is 5.97 Å². The molecule has 0 amide bonds. The summed E-state index contributed by atoms with van der Waals surface area (Å²) in [5.41, 5.74) is 5.76. The molecule has 0 heterocycles. The van der Waals surface area contributed by atoms with Gasteiger partial charge >= 0.3 is 5.97 Å². The van der Waals surface area contributed by atoms with E-state index in [4.69, 9.17) is 10.5 Å². The summed E-state index contributed by atoms with van der Waals surface area (Å²) in [4.78, 5) is 10.9. The Morgan fingerprint density at radius 2 is 2.07 bits per heavy atom. The van der Waals surface area contributed by atoms with Crippen LogP contribution in [0.1, 0.15) is 32.6 Å². The Bertz CT molecular complexity index is 244. The molecule has 0 radical (unpaired) electrons. The van der Waals surface area contributed by atoms with Crippen LogP contribution >= 0.6 is 0 Å². The molecule has 0 aliphatic heterocycles. The number of esters is 1. The van der Waals surface area contributed by atoms with Gasteiger partial charge in [0.1, 0.15) is 0 Å². The first-order valence-electron chi connectivity index (χ1n) is 5.16. The van der Waals surface area contributed by atoms with Crippen molar-refractivity contribution in [2.24, 2.45) is 11.7 Å². The van der Waals surface area contributed by atoms with Gasteiger partial charge in [0.15, 0.2) is 0 Å². The van der Waals surface area contributed by atoms with Crippen molar-refractivity contribution in [2.45, 2.75) is 38.6 Å². The SMILES string of the molecule is CCOC(=O)C#CC1CCC(N)CC1. The zero-order valence-corrected chi connectivity index (χ0v) is 8.58. The summed E-state index contributed by atoms with van der Waals surface area (Å²) in [6.07, 6.45) is 4.05. The van der Waals surface area contributed by atoms with Crippen molar-refractivity contribution in [3.63, 3.8) is 0 Å². The third-order valence-corrected chi connectivity index (χ3v) is 2.43. The van der Waals surface area contributed by atoms with Gasteiger partial charge in [-0.3, -0.25) is 0 Å². The number of ether oxygens (including phenoxy) is 1. The predicted molar refractivity (Wildman–Crippen MR) is 54.3 cm³/mol. The Labute approximate surface area is 85.0 Å². The van der Waals surface area contributed by atoms with Gasteiger partial charge in [-0.25, -0.2) is 4.79 Å². The minimum Gasteiger partial charge on any atom is -0.456 e. The maximum atomic E-state index is 10.9. The van der Waals surface area contributed by atoms with Gasteiger partial charge in [0.2, 0.25) is 0 Å². The molecule has 1 fully saturated rings. The first-order valence-corrected chi connectivity index (χ1v) is 5.16. The highest BCUT2D eigenvalue weighted by molar-refractivity contribution is 5.88. The average Bonchev–Trinajstić information content (AvgIpc) is 2.17. The summed E-state index contributed by atoms with van der Waals surface area (Å²) >= 11 is 0. The van der Waals surface area contributed by atoms with Crippen molar-refractivity contribution in [3.8, 4) is 11.8 Å². The molecule has 1 aliphatic carbocycles. The molecule has 14 heavy (non-hydrogen) atoms. The van der Waals surface area contributed by atoms with E-state index in [1.807, 2.05) is 0 Å². The molecule has 0 aromatic rings. The van der Waals surface area contributed by atoms with Crippen molar-refractivity contribution >= 4 is 5.97 Å². The highest BCUT2D eigenvalue weighted by Crippen LogP contribution is 2.21. The second-order valence-corrected chi connectivity index (χ2v) is 3.60. The summed E-state index contributed by atoms with van der Waals surface area (Å²) < 4.78 is 4.72. The molecule has 0 spiro atoms. The molecule has 0 aromatic carbocycles. The number of rotatable bonds is 1. The van der Waals surface area contributed by atoms with E-state index in [2.05, 4.69) is 11.8 Å². The van der Waals surface area contributed by atoms with Crippen LogP contribution in [0.2, 0.25) is 0 Å². The van der Waals surface area contributed by atoms with Crippen LogP contribution in [0.15, 0.2) is 0 Å². The first kappa shape index (κ1) is 11.1. The Balaban J connectivity index is 2.32. The monoisotopic (exact) mass is 195 g/mol. The molecular weight excluding hydrogens is 178 g/mol. The lowest BCUT2D eigenvalue weighted by molar-refractivity contribution is -0.136. The Morgan fingerprint density at radius 3 is 2.64 bits per heavy atom. The van der Waals surface area contributed by atoms with Gasteiger partial charge in [0, 0.05) is 17.9 Å². The topological polar surface area (TPSA) is 52.3 Å². The molecule has 0 saturated heterocycles. The van der Waals surface area contributed by atoms with E-state index in [1.54, 1.807) is 6.92 Å². The predicted octanol–water partition coefficient (Wildman–Crippen LogP) is 1.07. The van der Waals surface area contributed by atoms with E-state index >= 15 is 0 Å². The number of carbonyl (C=O) groups is 1. The molecular formula is C11H17NO2. The van der Waals surface area contributed by atoms with Crippen LogP contribution in [-0.4, -0.2) is 18.6 Å². The molecule has 1 rings (SSSR count). The van der Waals surface area contributed by atoms with E-state index in [9.17, 15) is 4.79 Å². The van der Waals surface area contributed by atoms with Gasteiger partial charge in [0.05, 0.1) is 6.61 Å². The summed E-state index contributed by atoms with van der Waals surface area (Å²) in [7, 11) is 0. The van der Waals surface area contributed by atoms with E-state index in [0.29, 0.717) is 18.6 Å². The number of nitrogens with two attached hydrogens (primary N) is 1. The van der Waals surface area contributed by atoms with Crippen LogP contribution in [0.5, 0.6) is 0 Å². The lowest BCUT2D eigenvalue weighted by Gasteiger charge is -2.21. The van der Waals surface area contributed by atoms with Crippen LogP contribution in [0, 0.1) is 17.8 Å². The van der Waals surface area contributed by atoms with E-state index in [1.165, 1.54) is 0 Å². The molecule has 0 aromatic heterocycles. The van der Waals surface area contributed by atoms with Crippen LogP contribution < -0.4 is 5.73 Å². The van der Waals surface area contributed by atoms with Crippen molar-refractivity contribution in [1.29, 1.82) is 0 Å². The summed E-state index contributed by atoms with van der Waals surface area (Å²) in [5.74, 6) is 5.38. The lowest BCUT2D eigenvalue weighted by Crippen LogP contribution is -2.26. The Morgan fingerprint density at radius 1 is 1.43 bits per heavy atom. The highest BCUT2D eigenvalue weighted by Gasteiger charge is 2.16. The number of hydrogen-bond donors (Lipinski definition) is 1. The summed E-state index contributed by atoms with van der Waals surface area (Å²) in [5, 5.41) is 0. The highest BCUT2D eigenvalue weighted by atomic mass is 16.5. The fourth-order valence-electron chi connectivity index (χ4n) is 1.59. The van der Waals surface area contributed by atoms with Gasteiger partial charge in [-0.1, -0.05) is 5.92 Å². The molecule has 3 heteroatoms. The van der Waals surface area contributed by atoms with Crippen molar-refractivity contribution < 1.29 is 9.53 Å². The first-order chi connectivity index (χ1) is 6.72. The molecule has 78 valence electrons. The fourth-order valence-corrected chi connectivity index (χ4v) is 1.59. The smallest absolute Gasteiger partial charge is 0.384 e. The zero-order valence-electron chi connectivity index (χ0n) is 8.58. The molecule has 0 atom stereocenters. The van der Waals surface area contributed by atoms with Gasteiger partial charge in [-0.15, -0.1) is 0 Å². The zero-order chi connectivity index (χ0) is 10.4. The summed E-state index contributed by atoms with van der Waals surface area (Å²) in [6, 6.07) is 0.329. The third-order valence-electron chi connectivity index (χ3n) is 2.43. The maximum Gasteiger partial charge on any atom is 0.384 e. The van der Waals surface area contributed by atoms with Gasteiger partial charge in [-0.05, 0) is 32.6 Å². The quantitative estimate of drug-likeness (QED) is 0.387. The fraction of sp³-hybridized carbons (Fsp3) is 0.727. The van der Waals surface area contributed by atoms with Crippen molar-refractivity contribution in [1.82, 2.24) is 0 Å². The van der Waals surface area contributed by atoms with Crippen LogP contribution in [0.3, 0.4) is 0 Å². The third kappa shape index (κ3) is 3.80. The molecule has 0 bridgehead atoms. The second-order valence-electron chi connectivity index (χ2n) is 3.60. The Hall–Kier alpha value is -1.01. The van der Waals surface area contributed by atoms with Gasteiger partial charge in [0.25, 0.3) is 0 Å².